The van der Waals surface area contributed by atoms with E-state index in [1.54, 1.807) is 0 Å². The lowest BCUT2D eigenvalue weighted by molar-refractivity contribution is 0.473. The predicted octanol–water partition coefficient (Wildman–Crippen LogP) is 2.57. The number of hydrogen-bond acceptors (Lipinski definition) is 3. The monoisotopic (exact) mass is 221 g/mol. The zero-order valence-corrected chi connectivity index (χ0v) is 10.4. The van der Waals surface area contributed by atoms with Crippen LogP contribution in [0.5, 0.6) is 0 Å². The van der Waals surface area contributed by atoms with Crippen LogP contribution in [-0.4, -0.2) is 18.1 Å². The lowest BCUT2D eigenvalue weighted by Gasteiger charge is -2.16. The molecule has 1 atom stereocenters. The minimum atomic E-state index is 0.684. The Bertz CT molecular complexity index is 293. The molecule has 1 unspecified atom stereocenters. The van der Waals surface area contributed by atoms with Crippen LogP contribution in [0, 0.1) is 12.8 Å². The van der Waals surface area contributed by atoms with Crippen molar-refractivity contribution >= 4 is 5.69 Å². The Hall–Kier alpha value is -1.09. The van der Waals surface area contributed by atoms with Crippen LogP contribution in [0.4, 0.5) is 5.69 Å². The fourth-order valence-corrected chi connectivity index (χ4v) is 1.91. The quantitative estimate of drug-likeness (QED) is 0.744. The Morgan fingerprint density at radius 3 is 2.88 bits per heavy atom. The molecule has 0 bridgehead atoms. The van der Waals surface area contributed by atoms with E-state index in [1.165, 1.54) is 12.8 Å². The molecule has 0 amide bonds. The molecule has 0 aromatic carbocycles. The average molecular weight is 221 g/mol. The van der Waals surface area contributed by atoms with Crippen molar-refractivity contribution in [1.82, 2.24) is 4.98 Å². The first-order valence-electron chi connectivity index (χ1n) is 6.12. The van der Waals surface area contributed by atoms with Crippen LogP contribution in [0.15, 0.2) is 18.3 Å². The van der Waals surface area contributed by atoms with Gasteiger partial charge in [0.1, 0.15) is 0 Å². The Morgan fingerprint density at radius 2 is 2.25 bits per heavy atom. The second kappa shape index (κ2) is 7.23. The molecule has 3 nitrogen and oxygen atoms in total. The van der Waals surface area contributed by atoms with E-state index in [0.29, 0.717) is 5.92 Å². The summed E-state index contributed by atoms with van der Waals surface area (Å²) >= 11 is 0. The van der Waals surface area contributed by atoms with Crippen LogP contribution in [-0.2, 0) is 0 Å². The molecule has 0 aliphatic rings. The fourth-order valence-electron chi connectivity index (χ4n) is 1.91. The smallest absolute Gasteiger partial charge is 0.0393 e. The van der Waals surface area contributed by atoms with Crippen LogP contribution in [0.1, 0.15) is 31.9 Å². The van der Waals surface area contributed by atoms with E-state index in [4.69, 9.17) is 5.73 Å². The molecule has 0 aliphatic carbocycles. The number of aromatic nitrogens is 1. The number of aryl methyl sites for hydroxylation is 1. The minimum Gasteiger partial charge on any atom is -0.385 e. The van der Waals surface area contributed by atoms with Crippen LogP contribution >= 0.6 is 0 Å². The van der Waals surface area contributed by atoms with Crippen molar-refractivity contribution < 1.29 is 0 Å². The summed E-state index contributed by atoms with van der Waals surface area (Å²) in [4.78, 5) is 4.18. The van der Waals surface area contributed by atoms with Gasteiger partial charge in [0.05, 0.1) is 0 Å². The summed E-state index contributed by atoms with van der Waals surface area (Å²) in [6.07, 6.45) is 5.41. The van der Waals surface area contributed by atoms with Gasteiger partial charge in [-0.1, -0.05) is 13.3 Å². The molecule has 1 heterocycles. The number of pyridine rings is 1. The summed E-state index contributed by atoms with van der Waals surface area (Å²) in [5, 5.41) is 3.46. The van der Waals surface area contributed by atoms with E-state index in [0.717, 1.165) is 30.9 Å². The summed E-state index contributed by atoms with van der Waals surface area (Å²) < 4.78 is 0. The first kappa shape index (κ1) is 13.0. The lowest BCUT2D eigenvalue weighted by Crippen LogP contribution is -2.18. The molecule has 1 aromatic rings. The number of nitrogens with zero attached hydrogens (tertiary/aromatic N) is 1. The number of rotatable bonds is 7. The van der Waals surface area contributed by atoms with Crippen LogP contribution in [0.25, 0.3) is 0 Å². The maximum absolute atomic E-state index is 5.61. The van der Waals surface area contributed by atoms with E-state index < -0.39 is 0 Å². The van der Waals surface area contributed by atoms with E-state index in [1.807, 2.05) is 19.2 Å². The van der Waals surface area contributed by atoms with E-state index in [9.17, 15) is 0 Å². The number of anilines is 1. The second-order valence-corrected chi connectivity index (χ2v) is 4.30. The lowest BCUT2D eigenvalue weighted by atomic mass is 10.00. The van der Waals surface area contributed by atoms with Crippen molar-refractivity contribution in [3.63, 3.8) is 0 Å². The van der Waals surface area contributed by atoms with Crippen LogP contribution in [0.2, 0.25) is 0 Å². The van der Waals surface area contributed by atoms with Crippen molar-refractivity contribution in [3.8, 4) is 0 Å². The van der Waals surface area contributed by atoms with Gasteiger partial charge in [-0.2, -0.15) is 0 Å². The highest BCUT2D eigenvalue weighted by Gasteiger charge is 2.06. The molecular formula is C13H23N3. The van der Waals surface area contributed by atoms with Crippen LogP contribution < -0.4 is 11.1 Å². The van der Waals surface area contributed by atoms with Gasteiger partial charge in [-0.25, -0.2) is 0 Å². The SMILES string of the molecule is CCCC(CCN)CNc1ccnc(C)c1. The van der Waals surface area contributed by atoms with Gasteiger partial charge < -0.3 is 11.1 Å². The molecule has 1 rings (SSSR count). The molecule has 90 valence electrons. The Balaban J connectivity index is 2.41. The molecule has 3 heteroatoms. The molecular weight excluding hydrogens is 198 g/mol. The Morgan fingerprint density at radius 1 is 1.44 bits per heavy atom. The van der Waals surface area contributed by atoms with Gasteiger partial charge in [0.15, 0.2) is 0 Å². The summed E-state index contributed by atoms with van der Waals surface area (Å²) in [5.41, 5.74) is 7.82. The van der Waals surface area contributed by atoms with Crippen molar-refractivity contribution in [2.45, 2.75) is 33.1 Å². The van der Waals surface area contributed by atoms with Gasteiger partial charge in [0, 0.05) is 24.1 Å². The number of nitrogens with one attached hydrogen (secondary N) is 1. The molecule has 16 heavy (non-hydrogen) atoms. The summed E-state index contributed by atoms with van der Waals surface area (Å²) in [5.74, 6) is 0.684. The minimum absolute atomic E-state index is 0.684. The van der Waals surface area contributed by atoms with Crippen molar-refractivity contribution in [2.75, 3.05) is 18.4 Å². The fraction of sp³-hybridized carbons (Fsp3) is 0.615. The van der Waals surface area contributed by atoms with E-state index in [-0.39, 0.29) is 0 Å². The molecule has 1 aromatic heterocycles. The maximum atomic E-state index is 5.61. The molecule has 0 radical (unpaired) electrons. The summed E-state index contributed by atoms with van der Waals surface area (Å²) in [6, 6.07) is 4.09. The Kier molecular flexibility index (Phi) is 5.86. The van der Waals surface area contributed by atoms with Gasteiger partial charge in [-0.15, -0.1) is 0 Å². The zero-order chi connectivity index (χ0) is 11.8. The molecule has 0 spiro atoms. The summed E-state index contributed by atoms with van der Waals surface area (Å²) in [7, 11) is 0. The topological polar surface area (TPSA) is 50.9 Å². The molecule has 0 fully saturated rings. The van der Waals surface area contributed by atoms with Gasteiger partial charge in [-0.3, -0.25) is 4.98 Å². The molecule has 0 saturated carbocycles. The first-order valence-corrected chi connectivity index (χ1v) is 6.12. The van der Waals surface area contributed by atoms with Crippen LogP contribution in [0.3, 0.4) is 0 Å². The highest BCUT2D eigenvalue weighted by Crippen LogP contribution is 2.13. The standard InChI is InChI=1S/C13H23N3/c1-3-4-12(5-7-14)10-16-13-6-8-15-11(2)9-13/h6,8-9,12H,3-5,7,10,14H2,1-2H3,(H,15,16). The number of nitrogens with two attached hydrogens (primary N) is 1. The molecule has 3 N–H and O–H groups in total. The predicted molar refractivity (Wildman–Crippen MR) is 69.5 cm³/mol. The summed E-state index contributed by atoms with van der Waals surface area (Å²) in [6.45, 7) is 6.02. The highest BCUT2D eigenvalue weighted by atomic mass is 14.9. The third-order valence-corrected chi connectivity index (χ3v) is 2.76. The highest BCUT2D eigenvalue weighted by molar-refractivity contribution is 5.42. The van der Waals surface area contributed by atoms with Gasteiger partial charge in [0.2, 0.25) is 0 Å². The van der Waals surface area contributed by atoms with E-state index >= 15 is 0 Å². The number of hydrogen-bond donors (Lipinski definition) is 2. The second-order valence-electron chi connectivity index (χ2n) is 4.30. The average Bonchev–Trinajstić information content (AvgIpc) is 2.27. The third kappa shape index (κ3) is 4.62. The third-order valence-electron chi connectivity index (χ3n) is 2.76. The maximum Gasteiger partial charge on any atom is 0.0393 e. The van der Waals surface area contributed by atoms with Crippen molar-refractivity contribution in [2.24, 2.45) is 11.7 Å². The normalized spacial score (nSPS) is 12.4. The molecule has 0 saturated heterocycles. The molecule has 0 aliphatic heterocycles. The zero-order valence-electron chi connectivity index (χ0n) is 10.4. The van der Waals surface area contributed by atoms with Crippen molar-refractivity contribution in [3.05, 3.63) is 24.0 Å². The van der Waals surface area contributed by atoms with Gasteiger partial charge in [-0.05, 0) is 44.4 Å². The first-order chi connectivity index (χ1) is 7.76. The van der Waals surface area contributed by atoms with E-state index in [2.05, 4.69) is 23.3 Å². The Labute approximate surface area is 98.5 Å². The van der Waals surface area contributed by atoms with Crippen molar-refractivity contribution in [1.29, 1.82) is 0 Å². The van der Waals surface area contributed by atoms with Gasteiger partial charge >= 0.3 is 0 Å². The van der Waals surface area contributed by atoms with Gasteiger partial charge in [0.25, 0.3) is 0 Å². The largest absolute Gasteiger partial charge is 0.385 e.